The first-order valence-electron chi connectivity index (χ1n) is 18.4. The van der Waals surface area contributed by atoms with Crippen molar-refractivity contribution < 1.29 is 66.4 Å². The second-order valence-electron chi connectivity index (χ2n) is 11.2. The summed E-state index contributed by atoms with van der Waals surface area (Å²) < 4.78 is 65.5. The predicted molar refractivity (Wildman–Crippen MR) is 199 cm³/mol. The summed E-state index contributed by atoms with van der Waals surface area (Å²) in [5.41, 5.74) is 1.66. The molecule has 2 aromatic rings. The van der Waals surface area contributed by atoms with Gasteiger partial charge in [0.2, 0.25) is 5.91 Å². The Bertz CT molecular complexity index is 1150. The Labute approximate surface area is 319 Å². The normalized spacial score (nSPS) is 11.1. The molecule has 0 atom stereocenters. The minimum atomic E-state index is -0.473. The third-order valence-corrected chi connectivity index (χ3v) is 6.75. The van der Waals surface area contributed by atoms with E-state index >= 15 is 0 Å². The summed E-state index contributed by atoms with van der Waals surface area (Å²) in [6, 6.07) is 16.7. The van der Waals surface area contributed by atoms with Crippen LogP contribution in [-0.4, -0.2) is 157 Å². The van der Waals surface area contributed by atoms with E-state index < -0.39 is 6.09 Å². The number of nitrogens with one attached hydrogen (secondary N) is 2. The molecule has 0 spiro atoms. The van der Waals surface area contributed by atoms with Gasteiger partial charge in [-0.25, -0.2) is 4.79 Å². The zero-order chi connectivity index (χ0) is 38.4. The summed E-state index contributed by atoms with van der Waals surface area (Å²) in [5.74, 6) is 0.600. The molecule has 2 rings (SSSR count). The molecular formula is C38H60N2O14. The molecule has 2 aromatic carbocycles. The molecule has 0 unspecified atom stereocenters. The van der Waals surface area contributed by atoms with Gasteiger partial charge < -0.3 is 67.5 Å². The summed E-state index contributed by atoms with van der Waals surface area (Å²) >= 11 is 0. The number of hydrogen-bond acceptors (Lipinski definition) is 14. The average Bonchev–Trinajstić information content (AvgIpc) is 3.18. The largest absolute Gasteiger partial charge is 0.491 e. The molecule has 0 saturated heterocycles. The fourth-order valence-electron chi connectivity index (χ4n) is 4.14. The molecule has 16 nitrogen and oxygen atoms in total. The molecule has 16 heteroatoms. The average molecular weight is 769 g/mol. The molecule has 0 aromatic heterocycles. The van der Waals surface area contributed by atoms with Gasteiger partial charge in [0.1, 0.15) is 19.0 Å². The summed E-state index contributed by atoms with van der Waals surface area (Å²) in [7, 11) is 0. The number of alkyl carbamates (subject to hydrolysis) is 1. The van der Waals surface area contributed by atoms with E-state index in [1.54, 1.807) is 24.3 Å². The van der Waals surface area contributed by atoms with Crippen molar-refractivity contribution in [3.8, 4) is 5.75 Å². The first kappa shape index (κ1) is 46.7. The maximum atomic E-state index is 11.7. The molecule has 0 fully saturated rings. The number of rotatable bonds is 37. The van der Waals surface area contributed by atoms with Gasteiger partial charge in [-0.3, -0.25) is 4.79 Å². The van der Waals surface area contributed by atoms with Crippen molar-refractivity contribution in [1.82, 2.24) is 5.32 Å². The van der Waals surface area contributed by atoms with Gasteiger partial charge in [-0.15, -0.1) is 0 Å². The van der Waals surface area contributed by atoms with Crippen LogP contribution in [0.25, 0.3) is 0 Å². The lowest BCUT2D eigenvalue weighted by Crippen LogP contribution is -2.28. The number of ether oxygens (including phenoxy) is 12. The summed E-state index contributed by atoms with van der Waals surface area (Å²) in [4.78, 5) is 22.7. The van der Waals surface area contributed by atoms with Crippen LogP contribution in [0.15, 0.2) is 54.6 Å². The molecule has 0 bridgehead atoms. The Morgan fingerprint density at radius 3 is 1.22 bits per heavy atom. The first-order chi connectivity index (χ1) is 26.6. The van der Waals surface area contributed by atoms with Crippen molar-refractivity contribution in [3.63, 3.8) is 0 Å². The van der Waals surface area contributed by atoms with Crippen molar-refractivity contribution in [3.05, 3.63) is 60.2 Å². The number of amides is 2. The third kappa shape index (κ3) is 30.0. The monoisotopic (exact) mass is 768 g/mol. The molecule has 2 N–H and O–H groups in total. The smallest absolute Gasteiger partial charge is 0.407 e. The van der Waals surface area contributed by atoms with Crippen LogP contribution in [0, 0.1) is 0 Å². The number of carbonyl (C=O) groups is 2. The Hall–Kier alpha value is -3.42. The van der Waals surface area contributed by atoms with Crippen molar-refractivity contribution in [1.29, 1.82) is 0 Å². The number of anilines is 1. The Kier molecular flexibility index (Phi) is 30.5. The van der Waals surface area contributed by atoms with Crippen LogP contribution in [0.4, 0.5) is 10.5 Å². The minimum Gasteiger partial charge on any atom is -0.491 e. The van der Waals surface area contributed by atoms with Crippen LogP contribution in [0.3, 0.4) is 0 Å². The first-order valence-corrected chi connectivity index (χ1v) is 18.4. The number of benzene rings is 2. The lowest BCUT2D eigenvalue weighted by molar-refractivity contribution is -0.114. The quantitative estimate of drug-likeness (QED) is 0.0962. The van der Waals surface area contributed by atoms with Gasteiger partial charge in [0.05, 0.1) is 132 Å². The Morgan fingerprint density at radius 1 is 0.463 bits per heavy atom. The van der Waals surface area contributed by atoms with Gasteiger partial charge in [0.25, 0.3) is 0 Å². The molecule has 0 aliphatic carbocycles. The highest BCUT2D eigenvalue weighted by atomic mass is 16.6. The molecule has 54 heavy (non-hydrogen) atoms. The maximum absolute atomic E-state index is 11.7. The van der Waals surface area contributed by atoms with Crippen LogP contribution >= 0.6 is 0 Å². The molecular weight excluding hydrogens is 708 g/mol. The fourth-order valence-corrected chi connectivity index (χ4v) is 4.14. The number of carbonyl (C=O) groups excluding carboxylic acids is 2. The second-order valence-corrected chi connectivity index (χ2v) is 11.2. The minimum absolute atomic E-state index is 0.112. The predicted octanol–water partition coefficient (Wildman–Crippen LogP) is 3.12. The molecule has 0 radical (unpaired) electrons. The lowest BCUT2D eigenvalue weighted by atomic mass is 10.2. The van der Waals surface area contributed by atoms with Crippen molar-refractivity contribution in [2.24, 2.45) is 0 Å². The van der Waals surface area contributed by atoms with Gasteiger partial charge >= 0.3 is 6.09 Å². The third-order valence-electron chi connectivity index (χ3n) is 6.75. The zero-order valence-corrected chi connectivity index (χ0v) is 31.7. The lowest BCUT2D eigenvalue weighted by Gasteiger charge is -2.09. The summed E-state index contributed by atoms with van der Waals surface area (Å²) in [6.45, 7) is 11.8. The van der Waals surface area contributed by atoms with Crippen molar-refractivity contribution in [2.75, 3.05) is 151 Å². The second kappa shape index (κ2) is 35.3. The van der Waals surface area contributed by atoms with Gasteiger partial charge in [-0.1, -0.05) is 30.3 Å². The van der Waals surface area contributed by atoms with E-state index in [1.807, 2.05) is 30.3 Å². The van der Waals surface area contributed by atoms with Gasteiger partial charge in [-0.2, -0.15) is 0 Å². The highest BCUT2D eigenvalue weighted by molar-refractivity contribution is 5.88. The van der Waals surface area contributed by atoms with E-state index in [2.05, 4.69) is 10.6 Å². The standard InChI is InChI=1S/C38H60N2O14/c1-34(41)40-36-7-9-37(10-8-36)53-32-31-52-30-29-51-28-27-50-26-25-49-24-23-48-22-21-47-20-19-46-18-17-45-16-15-44-14-13-43-12-11-39-38(42)54-33-35-5-3-2-4-6-35/h2-10H,11-33H2,1H3,(H,39,42)(H,40,41). The Morgan fingerprint density at radius 2 is 0.833 bits per heavy atom. The highest BCUT2D eigenvalue weighted by Gasteiger charge is 2.02. The van der Waals surface area contributed by atoms with Crippen LogP contribution in [0.5, 0.6) is 5.75 Å². The van der Waals surface area contributed by atoms with Crippen LogP contribution < -0.4 is 15.4 Å². The zero-order valence-electron chi connectivity index (χ0n) is 31.7. The van der Waals surface area contributed by atoms with E-state index in [4.69, 9.17) is 56.8 Å². The van der Waals surface area contributed by atoms with E-state index in [0.717, 1.165) is 11.3 Å². The van der Waals surface area contributed by atoms with Crippen LogP contribution in [0.2, 0.25) is 0 Å². The van der Waals surface area contributed by atoms with Crippen molar-refractivity contribution >= 4 is 17.7 Å². The van der Waals surface area contributed by atoms with Gasteiger partial charge in [0, 0.05) is 19.2 Å². The van der Waals surface area contributed by atoms with E-state index in [-0.39, 0.29) is 12.5 Å². The van der Waals surface area contributed by atoms with E-state index in [1.165, 1.54) is 6.92 Å². The summed E-state index contributed by atoms with van der Waals surface area (Å²) in [5, 5.41) is 5.35. The van der Waals surface area contributed by atoms with Gasteiger partial charge in [0.15, 0.2) is 0 Å². The fraction of sp³-hybridized carbons (Fsp3) is 0.632. The topological polar surface area (TPSA) is 169 Å². The van der Waals surface area contributed by atoms with Gasteiger partial charge in [-0.05, 0) is 29.8 Å². The van der Waals surface area contributed by atoms with E-state index in [0.29, 0.717) is 151 Å². The molecule has 306 valence electrons. The molecule has 0 saturated carbocycles. The molecule has 0 aliphatic rings. The van der Waals surface area contributed by atoms with E-state index in [9.17, 15) is 9.59 Å². The summed E-state index contributed by atoms with van der Waals surface area (Å²) in [6.07, 6.45) is -0.473. The van der Waals surface area contributed by atoms with Crippen LogP contribution in [-0.2, 0) is 63.5 Å². The highest BCUT2D eigenvalue weighted by Crippen LogP contribution is 2.15. The Balaban J connectivity index is 1.16. The molecule has 0 aliphatic heterocycles. The van der Waals surface area contributed by atoms with Crippen LogP contribution in [0.1, 0.15) is 12.5 Å². The SMILES string of the molecule is CC(=O)Nc1ccc(OCCOCCOCCOCCOCCOCCOCCOCCOCCOCCOCCNC(=O)OCc2ccccc2)cc1. The van der Waals surface area contributed by atoms with Crippen molar-refractivity contribution in [2.45, 2.75) is 13.5 Å². The number of hydrogen-bond donors (Lipinski definition) is 2. The molecule has 2 amide bonds. The molecule has 0 heterocycles. The maximum Gasteiger partial charge on any atom is 0.407 e.